The topological polar surface area (TPSA) is 98.1 Å². The molecule has 0 bridgehead atoms. The minimum absolute atomic E-state index is 0.223. The number of amides is 1. The summed E-state index contributed by atoms with van der Waals surface area (Å²) in [6.45, 7) is 1.72. The van der Waals surface area contributed by atoms with Gasteiger partial charge in [-0.1, -0.05) is 12.2 Å². The van der Waals surface area contributed by atoms with Crippen LogP contribution in [-0.4, -0.2) is 34.0 Å². The second kappa shape index (κ2) is 5.92. The van der Waals surface area contributed by atoms with Gasteiger partial charge in [0.1, 0.15) is 16.5 Å². The van der Waals surface area contributed by atoms with Crippen molar-refractivity contribution in [2.45, 2.75) is 19.3 Å². The molecule has 1 aliphatic heterocycles. The van der Waals surface area contributed by atoms with Gasteiger partial charge in [-0.15, -0.1) is 0 Å². The van der Waals surface area contributed by atoms with Crippen LogP contribution < -0.4 is 16.4 Å². The highest BCUT2D eigenvalue weighted by atomic mass is 32.1. The van der Waals surface area contributed by atoms with Crippen molar-refractivity contribution >= 4 is 28.9 Å². The van der Waals surface area contributed by atoms with E-state index in [0.29, 0.717) is 18.0 Å². The van der Waals surface area contributed by atoms with Crippen LogP contribution in [0.3, 0.4) is 0 Å². The molecule has 7 heteroatoms. The number of nitrogens with zero attached hydrogens (tertiary/aromatic N) is 3. The van der Waals surface area contributed by atoms with E-state index in [0.717, 1.165) is 31.7 Å². The van der Waals surface area contributed by atoms with Crippen LogP contribution in [0.25, 0.3) is 0 Å². The molecular weight excluding hydrogens is 262 g/mol. The monoisotopic (exact) mass is 279 g/mol. The van der Waals surface area contributed by atoms with E-state index in [1.807, 2.05) is 0 Å². The summed E-state index contributed by atoms with van der Waals surface area (Å²) in [6.07, 6.45) is 5.64. The third kappa shape index (κ3) is 3.60. The number of rotatable bonds is 4. The lowest BCUT2D eigenvalue weighted by atomic mass is 9.93. The Labute approximate surface area is 117 Å². The highest BCUT2D eigenvalue weighted by Crippen LogP contribution is 2.23. The van der Waals surface area contributed by atoms with Crippen molar-refractivity contribution in [3.05, 3.63) is 18.1 Å². The third-order valence-electron chi connectivity index (χ3n) is 3.32. The van der Waals surface area contributed by atoms with Gasteiger partial charge >= 0.3 is 0 Å². The standard InChI is InChI=1S/C12H17N5OS/c13-10(18)5-8-1-3-17(4-2-8)11-7-15-9(6-16-11)12(14)19/h6-8H,1-5H2,(H2,13,18)(H2,14,19). The van der Waals surface area contributed by atoms with Crippen molar-refractivity contribution in [1.29, 1.82) is 0 Å². The number of hydrogen-bond donors (Lipinski definition) is 2. The zero-order valence-corrected chi connectivity index (χ0v) is 11.4. The van der Waals surface area contributed by atoms with Crippen molar-refractivity contribution in [2.75, 3.05) is 18.0 Å². The summed E-state index contributed by atoms with van der Waals surface area (Å²) in [6, 6.07) is 0. The molecule has 2 rings (SSSR count). The summed E-state index contributed by atoms with van der Waals surface area (Å²) in [5.41, 5.74) is 11.2. The van der Waals surface area contributed by atoms with Crippen molar-refractivity contribution in [3.63, 3.8) is 0 Å². The highest BCUT2D eigenvalue weighted by Gasteiger charge is 2.21. The molecule has 0 radical (unpaired) electrons. The van der Waals surface area contributed by atoms with E-state index in [4.69, 9.17) is 23.7 Å². The summed E-state index contributed by atoms with van der Waals surface area (Å²) in [4.78, 5) is 21.8. The molecular formula is C12H17N5OS. The zero-order valence-electron chi connectivity index (χ0n) is 10.6. The first kappa shape index (κ1) is 13.7. The van der Waals surface area contributed by atoms with Crippen molar-refractivity contribution in [2.24, 2.45) is 17.4 Å². The van der Waals surface area contributed by atoms with E-state index in [-0.39, 0.29) is 10.9 Å². The number of thiocarbonyl (C=S) groups is 1. The largest absolute Gasteiger partial charge is 0.388 e. The van der Waals surface area contributed by atoms with Gasteiger partial charge in [-0.2, -0.15) is 0 Å². The molecule has 4 N–H and O–H groups in total. The van der Waals surface area contributed by atoms with Gasteiger partial charge in [0.15, 0.2) is 0 Å². The average molecular weight is 279 g/mol. The summed E-state index contributed by atoms with van der Waals surface area (Å²) < 4.78 is 0. The van der Waals surface area contributed by atoms with E-state index < -0.39 is 0 Å². The normalized spacial score (nSPS) is 16.3. The molecule has 19 heavy (non-hydrogen) atoms. The second-order valence-corrected chi connectivity index (χ2v) is 5.16. The van der Waals surface area contributed by atoms with Gasteiger partial charge in [0.2, 0.25) is 5.91 Å². The Kier molecular flexibility index (Phi) is 4.26. The van der Waals surface area contributed by atoms with Gasteiger partial charge in [-0.3, -0.25) is 4.79 Å². The SMILES string of the molecule is NC(=O)CC1CCN(c2cnc(C(N)=S)cn2)CC1. The van der Waals surface area contributed by atoms with E-state index in [2.05, 4.69) is 14.9 Å². The number of hydrogen-bond acceptors (Lipinski definition) is 5. The zero-order chi connectivity index (χ0) is 13.8. The molecule has 0 atom stereocenters. The van der Waals surface area contributed by atoms with Crippen LogP contribution in [0, 0.1) is 5.92 Å². The first-order chi connectivity index (χ1) is 9.06. The minimum Gasteiger partial charge on any atom is -0.388 e. The smallest absolute Gasteiger partial charge is 0.217 e. The van der Waals surface area contributed by atoms with Crippen molar-refractivity contribution in [3.8, 4) is 0 Å². The summed E-state index contributed by atoms with van der Waals surface area (Å²) in [5, 5.41) is 0. The molecule has 102 valence electrons. The second-order valence-electron chi connectivity index (χ2n) is 4.72. The van der Waals surface area contributed by atoms with Crippen LogP contribution in [0.2, 0.25) is 0 Å². The van der Waals surface area contributed by atoms with Crippen molar-refractivity contribution < 1.29 is 4.79 Å². The van der Waals surface area contributed by atoms with E-state index in [9.17, 15) is 4.79 Å². The molecule has 0 spiro atoms. The maximum atomic E-state index is 10.9. The Morgan fingerprint density at radius 2 is 2.00 bits per heavy atom. The van der Waals surface area contributed by atoms with Gasteiger partial charge in [0.25, 0.3) is 0 Å². The maximum absolute atomic E-state index is 10.9. The Balaban J connectivity index is 1.94. The molecule has 0 aliphatic carbocycles. The Bertz CT molecular complexity index is 468. The number of carbonyl (C=O) groups excluding carboxylic acids is 1. The van der Waals surface area contributed by atoms with Gasteiger partial charge < -0.3 is 16.4 Å². The van der Waals surface area contributed by atoms with Gasteiger partial charge in [0, 0.05) is 19.5 Å². The first-order valence-corrected chi connectivity index (χ1v) is 6.62. The predicted octanol–water partition coefficient (Wildman–Crippen LogP) is 0.203. The fraction of sp³-hybridized carbons (Fsp3) is 0.500. The number of carbonyl (C=O) groups is 1. The molecule has 0 unspecified atom stereocenters. The van der Waals surface area contributed by atoms with Crippen LogP contribution in [-0.2, 0) is 4.79 Å². The number of piperidine rings is 1. The Morgan fingerprint density at radius 1 is 1.32 bits per heavy atom. The van der Waals surface area contributed by atoms with Gasteiger partial charge in [0.05, 0.1) is 12.4 Å². The molecule has 1 amide bonds. The fourth-order valence-corrected chi connectivity index (χ4v) is 2.37. The number of primary amides is 1. The van der Waals surface area contributed by atoms with Crippen LogP contribution in [0.5, 0.6) is 0 Å². The predicted molar refractivity (Wildman–Crippen MR) is 76.7 cm³/mol. The molecule has 1 fully saturated rings. The molecule has 6 nitrogen and oxygen atoms in total. The third-order valence-corrected chi connectivity index (χ3v) is 3.53. The van der Waals surface area contributed by atoms with Crippen LogP contribution in [0.1, 0.15) is 25.0 Å². The Morgan fingerprint density at radius 3 is 2.47 bits per heavy atom. The lowest BCUT2D eigenvalue weighted by Crippen LogP contribution is -2.35. The fourth-order valence-electron chi connectivity index (χ4n) is 2.26. The quantitative estimate of drug-likeness (QED) is 0.764. The first-order valence-electron chi connectivity index (χ1n) is 6.21. The van der Waals surface area contributed by atoms with Crippen LogP contribution in [0.4, 0.5) is 5.82 Å². The summed E-state index contributed by atoms with van der Waals surface area (Å²) >= 11 is 4.84. The van der Waals surface area contributed by atoms with E-state index in [1.54, 1.807) is 12.4 Å². The molecule has 1 aromatic heterocycles. The number of nitrogens with two attached hydrogens (primary N) is 2. The summed E-state index contributed by atoms with van der Waals surface area (Å²) in [7, 11) is 0. The van der Waals surface area contributed by atoms with Crippen molar-refractivity contribution in [1.82, 2.24) is 9.97 Å². The maximum Gasteiger partial charge on any atom is 0.217 e. The highest BCUT2D eigenvalue weighted by molar-refractivity contribution is 7.80. The van der Waals surface area contributed by atoms with Crippen LogP contribution >= 0.6 is 12.2 Å². The average Bonchev–Trinajstić information content (AvgIpc) is 2.39. The molecule has 0 saturated carbocycles. The van der Waals surface area contributed by atoms with Crippen LogP contribution in [0.15, 0.2) is 12.4 Å². The number of anilines is 1. The summed E-state index contributed by atoms with van der Waals surface area (Å²) in [5.74, 6) is 0.981. The molecule has 1 aromatic rings. The molecule has 2 heterocycles. The lowest BCUT2D eigenvalue weighted by molar-refractivity contribution is -0.119. The minimum atomic E-state index is -0.223. The van der Waals surface area contributed by atoms with Gasteiger partial charge in [-0.05, 0) is 18.8 Å². The van der Waals surface area contributed by atoms with Gasteiger partial charge in [-0.25, -0.2) is 9.97 Å². The number of aromatic nitrogens is 2. The van der Waals surface area contributed by atoms with E-state index in [1.165, 1.54) is 0 Å². The molecule has 0 aromatic carbocycles. The van der Waals surface area contributed by atoms with E-state index >= 15 is 0 Å². The Hall–Kier alpha value is -1.76. The lowest BCUT2D eigenvalue weighted by Gasteiger charge is -2.32. The molecule has 1 aliphatic rings. The molecule has 1 saturated heterocycles.